The van der Waals surface area contributed by atoms with Gasteiger partial charge in [0.15, 0.2) is 0 Å². The Morgan fingerprint density at radius 2 is 2.06 bits per heavy atom. The van der Waals surface area contributed by atoms with Crippen molar-refractivity contribution in [1.82, 2.24) is 9.55 Å². The first-order valence-electron chi connectivity index (χ1n) is 4.70. The summed E-state index contributed by atoms with van der Waals surface area (Å²) in [7, 11) is 0. The third-order valence-corrected chi connectivity index (χ3v) is 3.10. The third kappa shape index (κ3) is 2.51. The lowest BCUT2D eigenvalue weighted by Crippen LogP contribution is -2.03. The number of benzene rings is 1. The van der Waals surface area contributed by atoms with Gasteiger partial charge in [0.1, 0.15) is 5.82 Å². The molecule has 16 heavy (non-hydrogen) atoms. The number of hydrogen-bond acceptors (Lipinski definition) is 1. The number of halogens is 3. The van der Waals surface area contributed by atoms with Crippen molar-refractivity contribution in [2.24, 2.45) is 0 Å². The van der Waals surface area contributed by atoms with Crippen molar-refractivity contribution in [1.29, 1.82) is 0 Å². The molecule has 2 aromatic rings. The second kappa shape index (κ2) is 5.09. The van der Waals surface area contributed by atoms with E-state index < -0.39 is 0 Å². The molecule has 0 aliphatic rings. The minimum Gasteiger partial charge on any atom is -0.329 e. The molecule has 0 spiro atoms. The van der Waals surface area contributed by atoms with E-state index in [1.165, 1.54) is 0 Å². The Balaban J connectivity index is 2.27. The van der Waals surface area contributed by atoms with Crippen LogP contribution in [0.4, 0.5) is 0 Å². The Bertz CT molecular complexity index is 494. The highest BCUT2D eigenvalue weighted by molar-refractivity contribution is 6.35. The minimum absolute atomic E-state index is 0.387. The van der Waals surface area contributed by atoms with Gasteiger partial charge in [-0.3, -0.25) is 0 Å². The molecule has 5 heteroatoms. The van der Waals surface area contributed by atoms with Gasteiger partial charge in [-0.05, 0) is 17.7 Å². The summed E-state index contributed by atoms with van der Waals surface area (Å²) in [6.07, 6.45) is 3.60. The van der Waals surface area contributed by atoms with Gasteiger partial charge >= 0.3 is 0 Å². The first-order valence-corrected chi connectivity index (χ1v) is 5.99. The van der Waals surface area contributed by atoms with Gasteiger partial charge in [0.05, 0.1) is 12.4 Å². The van der Waals surface area contributed by atoms with Gasteiger partial charge < -0.3 is 4.57 Å². The molecule has 84 valence electrons. The topological polar surface area (TPSA) is 17.8 Å². The molecule has 1 aromatic heterocycles. The van der Waals surface area contributed by atoms with E-state index in [1.54, 1.807) is 12.3 Å². The van der Waals surface area contributed by atoms with Crippen LogP contribution in [0.1, 0.15) is 11.4 Å². The summed E-state index contributed by atoms with van der Waals surface area (Å²) in [6.45, 7) is 0.651. The first kappa shape index (κ1) is 11.8. The number of imidazole rings is 1. The second-order valence-corrected chi connectivity index (χ2v) is 4.45. The van der Waals surface area contributed by atoms with Crippen LogP contribution in [0.25, 0.3) is 0 Å². The van der Waals surface area contributed by atoms with Crippen molar-refractivity contribution in [3.8, 4) is 0 Å². The third-order valence-electron chi connectivity index (χ3n) is 2.28. The van der Waals surface area contributed by atoms with Gasteiger partial charge in [-0.1, -0.05) is 29.3 Å². The van der Waals surface area contributed by atoms with E-state index in [-0.39, 0.29) is 0 Å². The normalized spacial score (nSPS) is 10.7. The largest absolute Gasteiger partial charge is 0.329 e. The summed E-state index contributed by atoms with van der Waals surface area (Å²) < 4.78 is 1.96. The van der Waals surface area contributed by atoms with E-state index in [2.05, 4.69) is 4.98 Å². The van der Waals surface area contributed by atoms with E-state index in [0.717, 1.165) is 11.4 Å². The summed E-state index contributed by atoms with van der Waals surface area (Å²) in [5, 5.41) is 1.29. The Labute approximate surface area is 109 Å². The maximum absolute atomic E-state index is 6.09. The Morgan fingerprint density at radius 1 is 1.25 bits per heavy atom. The minimum atomic E-state index is 0.387. The van der Waals surface area contributed by atoms with Gasteiger partial charge in [0.2, 0.25) is 0 Å². The van der Waals surface area contributed by atoms with Crippen molar-refractivity contribution in [3.05, 3.63) is 52.0 Å². The zero-order valence-electron chi connectivity index (χ0n) is 8.33. The van der Waals surface area contributed by atoms with Gasteiger partial charge in [-0.15, -0.1) is 11.6 Å². The van der Waals surface area contributed by atoms with Gasteiger partial charge in [-0.2, -0.15) is 0 Å². The Morgan fingerprint density at radius 3 is 2.75 bits per heavy atom. The van der Waals surface area contributed by atoms with Gasteiger partial charge in [0, 0.05) is 22.4 Å². The highest BCUT2D eigenvalue weighted by Gasteiger charge is 2.05. The van der Waals surface area contributed by atoms with Crippen LogP contribution in [-0.2, 0) is 12.4 Å². The summed E-state index contributed by atoms with van der Waals surface area (Å²) in [6, 6.07) is 5.46. The molecule has 1 aromatic carbocycles. The molecule has 1 heterocycles. The van der Waals surface area contributed by atoms with E-state index in [1.807, 2.05) is 22.9 Å². The average Bonchev–Trinajstić information content (AvgIpc) is 2.69. The maximum Gasteiger partial charge on any atom is 0.123 e. The number of nitrogens with zero attached hydrogens (tertiary/aromatic N) is 2. The van der Waals surface area contributed by atoms with Crippen LogP contribution in [0.5, 0.6) is 0 Å². The fourth-order valence-electron chi connectivity index (χ4n) is 1.45. The fraction of sp³-hybridized carbons (Fsp3) is 0.182. The van der Waals surface area contributed by atoms with Crippen molar-refractivity contribution >= 4 is 34.8 Å². The molecule has 0 fully saturated rings. The van der Waals surface area contributed by atoms with Crippen LogP contribution in [0.15, 0.2) is 30.6 Å². The predicted octanol–water partition coefficient (Wildman–Crippen LogP) is 3.98. The molecular formula is C11H9Cl3N2. The molecule has 2 nitrogen and oxygen atoms in total. The van der Waals surface area contributed by atoms with Gasteiger partial charge in [0.25, 0.3) is 0 Å². The number of alkyl halides is 1. The second-order valence-electron chi connectivity index (χ2n) is 3.34. The van der Waals surface area contributed by atoms with E-state index in [9.17, 15) is 0 Å². The van der Waals surface area contributed by atoms with Crippen LogP contribution < -0.4 is 0 Å². The molecule has 0 amide bonds. The molecule has 2 rings (SSSR count). The zero-order chi connectivity index (χ0) is 11.5. The molecule has 0 aliphatic heterocycles. The molecule has 0 unspecified atom stereocenters. The molecule has 0 saturated carbocycles. The fourth-order valence-corrected chi connectivity index (χ4v) is 2.14. The van der Waals surface area contributed by atoms with Gasteiger partial charge in [-0.25, -0.2) is 4.98 Å². The lowest BCUT2D eigenvalue weighted by molar-refractivity contribution is 0.755. The molecule has 0 radical (unpaired) electrons. The van der Waals surface area contributed by atoms with E-state index in [0.29, 0.717) is 22.5 Å². The molecular weight excluding hydrogens is 266 g/mol. The van der Waals surface area contributed by atoms with E-state index >= 15 is 0 Å². The lowest BCUT2D eigenvalue weighted by Gasteiger charge is -2.08. The van der Waals surface area contributed by atoms with Crippen molar-refractivity contribution in [2.75, 3.05) is 0 Å². The molecule has 0 atom stereocenters. The van der Waals surface area contributed by atoms with Crippen molar-refractivity contribution in [3.63, 3.8) is 0 Å². The van der Waals surface area contributed by atoms with Crippen LogP contribution in [0.2, 0.25) is 10.0 Å². The van der Waals surface area contributed by atoms with Crippen LogP contribution in [0.3, 0.4) is 0 Å². The van der Waals surface area contributed by atoms with Crippen LogP contribution in [0, 0.1) is 0 Å². The van der Waals surface area contributed by atoms with Crippen molar-refractivity contribution < 1.29 is 0 Å². The SMILES string of the molecule is ClCc1nccn1Cc1ccc(Cl)cc1Cl. The Hall–Kier alpha value is -0.700. The first-order chi connectivity index (χ1) is 7.70. The van der Waals surface area contributed by atoms with E-state index in [4.69, 9.17) is 34.8 Å². The highest BCUT2D eigenvalue weighted by atomic mass is 35.5. The highest BCUT2D eigenvalue weighted by Crippen LogP contribution is 2.22. The summed E-state index contributed by atoms with van der Waals surface area (Å²) in [5.41, 5.74) is 0.996. The predicted molar refractivity (Wildman–Crippen MR) is 67.3 cm³/mol. The monoisotopic (exact) mass is 274 g/mol. The standard InChI is InChI=1S/C11H9Cl3N2/c12-6-11-15-3-4-16(11)7-8-1-2-9(13)5-10(8)14/h1-5H,6-7H2. The zero-order valence-corrected chi connectivity index (χ0v) is 10.6. The number of aromatic nitrogens is 2. The molecule has 0 saturated heterocycles. The summed E-state index contributed by atoms with van der Waals surface area (Å²) in [5.74, 6) is 1.21. The average molecular weight is 276 g/mol. The summed E-state index contributed by atoms with van der Waals surface area (Å²) in [4.78, 5) is 4.14. The summed E-state index contributed by atoms with van der Waals surface area (Å²) >= 11 is 17.7. The van der Waals surface area contributed by atoms with Crippen LogP contribution >= 0.6 is 34.8 Å². The number of hydrogen-bond donors (Lipinski definition) is 0. The molecule has 0 bridgehead atoms. The Kier molecular flexibility index (Phi) is 3.74. The smallest absolute Gasteiger partial charge is 0.123 e. The van der Waals surface area contributed by atoms with Crippen molar-refractivity contribution in [2.45, 2.75) is 12.4 Å². The lowest BCUT2D eigenvalue weighted by atomic mass is 10.2. The van der Waals surface area contributed by atoms with Crippen LogP contribution in [-0.4, -0.2) is 9.55 Å². The molecule has 0 N–H and O–H groups in total. The maximum atomic E-state index is 6.09. The quantitative estimate of drug-likeness (QED) is 0.775. The number of rotatable bonds is 3. The molecule has 0 aliphatic carbocycles.